The van der Waals surface area contributed by atoms with E-state index in [1.54, 1.807) is 0 Å². The molecule has 3 N–H and O–H groups in total. The first-order valence-corrected chi connectivity index (χ1v) is 8.56. The second-order valence-corrected chi connectivity index (χ2v) is 7.67. The van der Waals surface area contributed by atoms with Crippen molar-refractivity contribution in [1.29, 1.82) is 0 Å². The highest BCUT2D eigenvalue weighted by Crippen LogP contribution is 2.26. The van der Waals surface area contributed by atoms with E-state index in [1.807, 2.05) is 45.9 Å². The van der Waals surface area contributed by atoms with E-state index in [2.05, 4.69) is 5.32 Å². The third-order valence-corrected chi connectivity index (χ3v) is 4.18. The van der Waals surface area contributed by atoms with Gasteiger partial charge in [0.1, 0.15) is 11.4 Å². The predicted octanol–water partition coefficient (Wildman–Crippen LogP) is 3.31. The molecule has 1 saturated carbocycles. The number of hydrogen-bond donors (Lipinski definition) is 2. The van der Waals surface area contributed by atoms with E-state index < -0.39 is 0 Å². The van der Waals surface area contributed by atoms with Crippen LogP contribution >= 0.6 is 0 Å². The van der Waals surface area contributed by atoms with E-state index in [4.69, 9.17) is 10.5 Å². The molecule has 0 spiro atoms. The van der Waals surface area contributed by atoms with Gasteiger partial charge in [-0.15, -0.1) is 0 Å². The fourth-order valence-corrected chi connectivity index (χ4v) is 3.03. The number of ether oxygens (including phenoxy) is 1. The zero-order chi connectivity index (χ0) is 17.0. The predicted molar refractivity (Wildman–Crippen MR) is 93.3 cm³/mol. The number of hydrogen-bond acceptors (Lipinski definition) is 3. The molecule has 2 rings (SSSR count). The molecule has 1 aromatic rings. The van der Waals surface area contributed by atoms with Crippen molar-refractivity contribution in [2.45, 2.75) is 71.6 Å². The maximum atomic E-state index is 12.4. The molecule has 4 nitrogen and oxygen atoms in total. The van der Waals surface area contributed by atoms with Crippen LogP contribution in [0, 0.1) is 12.8 Å². The summed E-state index contributed by atoms with van der Waals surface area (Å²) in [5, 5.41) is 3.06. The number of aryl methyl sites for hydroxylation is 1. The van der Waals surface area contributed by atoms with Gasteiger partial charge in [-0.3, -0.25) is 4.79 Å². The van der Waals surface area contributed by atoms with Gasteiger partial charge in [0.25, 0.3) is 0 Å². The molecule has 4 heteroatoms. The van der Waals surface area contributed by atoms with Crippen LogP contribution in [0.5, 0.6) is 5.75 Å². The maximum absolute atomic E-state index is 12.4. The van der Waals surface area contributed by atoms with Crippen LogP contribution in [-0.2, 0) is 11.3 Å². The zero-order valence-corrected chi connectivity index (χ0v) is 14.8. The van der Waals surface area contributed by atoms with E-state index in [0.717, 1.165) is 42.6 Å². The lowest BCUT2D eigenvalue weighted by molar-refractivity contribution is -0.126. The standard InChI is InChI=1S/C19H30N2O2/c1-13-8-9-15(17(10-13)23-19(2,3)4)12-21-18(22)14-6-5-7-16(20)11-14/h8-10,14,16H,5-7,11-12,20H2,1-4H3,(H,21,22). The Bertz CT molecular complexity index is 549. The molecule has 0 aromatic heterocycles. The number of amides is 1. The maximum Gasteiger partial charge on any atom is 0.223 e. The largest absolute Gasteiger partial charge is 0.488 e. The van der Waals surface area contributed by atoms with Gasteiger partial charge in [-0.25, -0.2) is 0 Å². The molecule has 1 aliphatic carbocycles. The lowest BCUT2D eigenvalue weighted by Gasteiger charge is -2.26. The van der Waals surface area contributed by atoms with Crippen LogP contribution in [0.15, 0.2) is 18.2 Å². The molecule has 0 radical (unpaired) electrons. The third kappa shape index (κ3) is 5.54. The van der Waals surface area contributed by atoms with Gasteiger partial charge in [0, 0.05) is 24.1 Å². The van der Waals surface area contributed by atoms with Crippen molar-refractivity contribution >= 4 is 5.91 Å². The first kappa shape index (κ1) is 17.8. The Kier molecular flexibility index (Phi) is 5.69. The van der Waals surface area contributed by atoms with Crippen molar-refractivity contribution in [3.63, 3.8) is 0 Å². The molecule has 1 amide bonds. The first-order chi connectivity index (χ1) is 10.7. The quantitative estimate of drug-likeness (QED) is 0.895. The van der Waals surface area contributed by atoms with Gasteiger partial charge in [0.05, 0.1) is 0 Å². The Labute approximate surface area is 139 Å². The van der Waals surface area contributed by atoms with Gasteiger partial charge in [-0.1, -0.05) is 18.6 Å². The van der Waals surface area contributed by atoms with Crippen molar-refractivity contribution in [2.24, 2.45) is 11.7 Å². The van der Waals surface area contributed by atoms with E-state index in [0.29, 0.717) is 6.54 Å². The van der Waals surface area contributed by atoms with Crippen molar-refractivity contribution in [2.75, 3.05) is 0 Å². The molecule has 0 saturated heterocycles. The van der Waals surface area contributed by atoms with Crippen LogP contribution in [0.4, 0.5) is 0 Å². The lowest BCUT2D eigenvalue weighted by Crippen LogP contribution is -2.37. The summed E-state index contributed by atoms with van der Waals surface area (Å²) in [5.41, 5.74) is 7.88. The molecule has 0 bridgehead atoms. The smallest absolute Gasteiger partial charge is 0.223 e. The van der Waals surface area contributed by atoms with E-state index >= 15 is 0 Å². The molecule has 1 aliphatic rings. The van der Waals surface area contributed by atoms with E-state index in [1.165, 1.54) is 0 Å². The fraction of sp³-hybridized carbons (Fsp3) is 0.632. The van der Waals surface area contributed by atoms with Crippen molar-refractivity contribution in [3.8, 4) is 5.75 Å². The summed E-state index contributed by atoms with van der Waals surface area (Å²) >= 11 is 0. The SMILES string of the molecule is Cc1ccc(CNC(=O)C2CCCC(N)C2)c(OC(C)(C)C)c1. The Hall–Kier alpha value is -1.55. The highest BCUT2D eigenvalue weighted by Gasteiger charge is 2.25. The van der Waals surface area contributed by atoms with Crippen LogP contribution < -0.4 is 15.8 Å². The van der Waals surface area contributed by atoms with Crippen molar-refractivity contribution < 1.29 is 9.53 Å². The minimum atomic E-state index is -0.261. The summed E-state index contributed by atoms with van der Waals surface area (Å²) in [6.45, 7) is 8.63. The molecular weight excluding hydrogens is 288 g/mol. The Morgan fingerprint density at radius 1 is 1.35 bits per heavy atom. The van der Waals surface area contributed by atoms with Gasteiger partial charge < -0.3 is 15.8 Å². The molecule has 0 aliphatic heterocycles. The summed E-state index contributed by atoms with van der Waals surface area (Å²) in [7, 11) is 0. The minimum Gasteiger partial charge on any atom is -0.488 e. The van der Waals surface area contributed by atoms with Gasteiger partial charge in [-0.2, -0.15) is 0 Å². The average Bonchev–Trinajstić information content (AvgIpc) is 2.44. The van der Waals surface area contributed by atoms with Crippen molar-refractivity contribution in [1.82, 2.24) is 5.32 Å². The first-order valence-electron chi connectivity index (χ1n) is 8.56. The Morgan fingerprint density at radius 2 is 2.09 bits per heavy atom. The summed E-state index contributed by atoms with van der Waals surface area (Å²) in [5.74, 6) is 1.01. The molecule has 2 atom stereocenters. The third-order valence-electron chi connectivity index (χ3n) is 4.18. The fourth-order valence-electron chi connectivity index (χ4n) is 3.03. The van der Waals surface area contributed by atoms with Gasteiger partial charge in [-0.05, 0) is 58.6 Å². The number of benzene rings is 1. The lowest BCUT2D eigenvalue weighted by atomic mass is 9.85. The van der Waals surface area contributed by atoms with Gasteiger partial charge in [0.2, 0.25) is 5.91 Å². The van der Waals surface area contributed by atoms with Crippen LogP contribution in [0.3, 0.4) is 0 Å². The van der Waals surface area contributed by atoms with Crippen LogP contribution in [-0.4, -0.2) is 17.6 Å². The number of rotatable bonds is 4. The van der Waals surface area contributed by atoms with Gasteiger partial charge in [0.15, 0.2) is 0 Å². The Morgan fingerprint density at radius 3 is 2.74 bits per heavy atom. The van der Waals surface area contributed by atoms with Crippen molar-refractivity contribution in [3.05, 3.63) is 29.3 Å². The van der Waals surface area contributed by atoms with Crippen LogP contribution in [0.25, 0.3) is 0 Å². The highest BCUT2D eigenvalue weighted by atomic mass is 16.5. The average molecular weight is 318 g/mol. The monoisotopic (exact) mass is 318 g/mol. The highest BCUT2D eigenvalue weighted by molar-refractivity contribution is 5.78. The van der Waals surface area contributed by atoms with Gasteiger partial charge >= 0.3 is 0 Å². The second-order valence-electron chi connectivity index (χ2n) is 7.67. The topological polar surface area (TPSA) is 64.4 Å². The molecule has 0 heterocycles. The molecule has 128 valence electrons. The molecule has 1 fully saturated rings. The summed E-state index contributed by atoms with van der Waals surface area (Å²) in [4.78, 5) is 12.4. The normalized spacial score (nSPS) is 21.8. The van der Waals surface area contributed by atoms with Crippen LogP contribution in [0.1, 0.15) is 57.6 Å². The number of nitrogens with one attached hydrogen (secondary N) is 1. The summed E-state index contributed by atoms with van der Waals surface area (Å²) < 4.78 is 6.04. The molecule has 1 aromatic carbocycles. The van der Waals surface area contributed by atoms with E-state index in [-0.39, 0.29) is 23.5 Å². The number of nitrogens with two attached hydrogens (primary N) is 1. The molecule has 23 heavy (non-hydrogen) atoms. The molecular formula is C19H30N2O2. The summed E-state index contributed by atoms with van der Waals surface area (Å²) in [6.07, 6.45) is 3.82. The van der Waals surface area contributed by atoms with E-state index in [9.17, 15) is 4.79 Å². The zero-order valence-electron chi connectivity index (χ0n) is 14.8. The second kappa shape index (κ2) is 7.35. The van der Waals surface area contributed by atoms with Crippen LogP contribution in [0.2, 0.25) is 0 Å². The Balaban J connectivity index is 2.00. The number of carbonyl (C=O) groups excluding carboxylic acids is 1. The minimum absolute atomic E-state index is 0.0520. The number of carbonyl (C=O) groups is 1. The summed E-state index contributed by atoms with van der Waals surface area (Å²) in [6, 6.07) is 6.28. The molecule has 2 unspecified atom stereocenters.